The maximum Gasteiger partial charge on any atom is 0.119 e. The van der Waals surface area contributed by atoms with E-state index in [-0.39, 0.29) is 0 Å². The lowest BCUT2D eigenvalue weighted by molar-refractivity contribution is 0.198. The zero-order chi connectivity index (χ0) is 12.5. The minimum Gasteiger partial charge on any atom is -0.494 e. The van der Waals surface area contributed by atoms with Crippen molar-refractivity contribution < 1.29 is 9.84 Å². The van der Waals surface area contributed by atoms with Crippen molar-refractivity contribution in [2.45, 2.75) is 52.1 Å². The normalized spacial score (nSPS) is 12.4. The summed E-state index contributed by atoms with van der Waals surface area (Å²) in [6.45, 7) is 4.76. The number of rotatable bonds is 8. The SMILES string of the molecule is CCCCCCCOc1cccc([C@@H](C)O)c1. The molecular formula is C15H24O2. The molecule has 0 radical (unpaired) electrons. The van der Waals surface area contributed by atoms with Crippen LogP contribution in [0.5, 0.6) is 5.75 Å². The molecule has 2 heteroatoms. The van der Waals surface area contributed by atoms with Crippen molar-refractivity contribution in [3.8, 4) is 5.75 Å². The van der Waals surface area contributed by atoms with E-state index in [2.05, 4.69) is 6.92 Å². The molecule has 1 aromatic rings. The number of ether oxygens (including phenoxy) is 1. The van der Waals surface area contributed by atoms with Crippen LogP contribution < -0.4 is 4.74 Å². The van der Waals surface area contributed by atoms with Crippen LogP contribution in [-0.4, -0.2) is 11.7 Å². The molecule has 17 heavy (non-hydrogen) atoms. The Morgan fingerprint density at radius 1 is 1.18 bits per heavy atom. The van der Waals surface area contributed by atoms with E-state index in [9.17, 15) is 5.11 Å². The van der Waals surface area contributed by atoms with Gasteiger partial charge in [0.15, 0.2) is 0 Å². The molecule has 0 aromatic heterocycles. The molecule has 96 valence electrons. The minimum atomic E-state index is -0.428. The number of hydrogen-bond donors (Lipinski definition) is 1. The van der Waals surface area contributed by atoms with E-state index in [1.165, 1.54) is 25.7 Å². The Kier molecular flexibility index (Phi) is 6.71. The first-order chi connectivity index (χ1) is 8.24. The second-order valence-corrected chi connectivity index (χ2v) is 4.51. The summed E-state index contributed by atoms with van der Waals surface area (Å²) in [5.74, 6) is 0.860. The number of unbranched alkanes of at least 4 members (excludes halogenated alkanes) is 4. The summed E-state index contributed by atoms with van der Waals surface area (Å²) in [5.41, 5.74) is 0.911. The van der Waals surface area contributed by atoms with Gasteiger partial charge in [0, 0.05) is 0 Å². The lowest BCUT2D eigenvalue weighted by Crippen LogP contribution is -1.98. The monoisotopic (exact) mass is 236 g/mol. The molecular weight excluding hydrogens is 212 g/mol. The van der Waals surface area contributed by atoms with E-state index in [1.54, 1.807) is 6.92 Å². The molecule has 1 N–H and O–H groups in total. The number of benzene rings is 1. The maximum atomic E-state index is 9.46. The maximum absolute atomic E-state index is 9.46. The molecule has 0 spiro atoms. The van der Waals surface area contributed by atoms with Crippen molar-refractivity contribution in [2.24, 2.45) is 0 Å². The van der Waals surface area contributed by atoms with Gasteiger partial charge in [0.25, 0.3) is 0 Å². The molecule has 0 aliphatic carbocycles. The third-order valence-electron chi connectivity index (χ3n) is 2.86. The fourth-order valence-electron chi connectivity index (χ4n) is 1.76. The van der Waals surface area contributed by atoms with Crippen LogP contribution in [0.2, 0.25) is 0 Å². The largest absolute Gasteiger partial charge is 0.494 e. The average molecular weight is 236 g/mol. The molecule has 0 fully saturated rings. The second-order valence-electron chi connectivity index (χ2n) is 4.51. The van der Waals surface area contributed by atoms with Crippen molar-refractivity contribution >= 4 is 0 Å². The smallest absolute Gasteiger partial charge is 0.119 e. The van der Waals surface area contributed by atoms with E-state index in [0.29, 0.717) is 0 Å². The molecule has 1 rings (SSSR count). The molecule has 0 unspecified atom stereocenters. The summed E-state index contributed by atoms with van der Waals surface area (Å²) in [6, 6.07) is 7.70. The topological polar surface area (TPSA) is 29.5 Å². The predicted molar refractivity (Wildman–Crippen MR) is 71.3 cm³/mol. The highest BCUT2D eigenvalue weighted by Gasteiger charge is 2.01. The Bertz CT molecular complexity index is 308. The van der Waals surface area contributed by atoms with Crippen molar-refractivity contribution in [1.82, 2.24) is 0 Å². The first kappa shape index (κ1) is 14.0. The Hall–Kier alpha value is -1.02. The highest BCUT2D eigenvalue weighted by molar-refractivity contribution is 5.29. The third-order valence-corrected chi connectivity index (χ3v) is 2.86. The summed E-state index contributed by atoms with van der Waals surface area (Å²) in [6.07, 6.45) is 5.81. The van der Waals surface area contributed by atoms with Crippen LogP contribution in [0.25, 0.3) is 0 Å². The lowest BCUT2D eigenvalue weighted by Gasteiger charge is -2.09. The summed E-state index contributed by atoms with van der Waals surface area (Å²) < 4.78 is 5.67. The van der Waals surface area contributed by atoms with Crippen molar-refractivity contribution in [1.29, 1.82) is 0 Å². The van der Waals surface area contributed by atoms with Crippen LogP contribution in [-0.2, 0) is 0 Å². The highest BCUT2D eigenvalue weighted by atomic mass is 16.5. The number of aliphatic hydroxyl groups is 1. The summed E-state index contributed by atoms with van der Waals surface area (Å²) in [5, 5.41) is 9.46. The van der Waals surface area contributed by atoms with Crippen LogP contribution in [0, 0.1) is 0 Å². The summed E-state index contributed by atoms with van der Waals surface area (Å²) in [4.78, 5) is 0. The van der Waals surface area contributed by atoms with Gasteiger partial charge < -0.3 is 9.84 Å². The molecule has 0 saturated heterocycles. The molecule has 1 aromatic carbocycles. The highest BCUT2D eigenvalue weighted by Crippen LogP contribution is 2.19. The van der Waals surface area contributed by atoms with Gasteiger partial charge in [-0.2, -0.15) is 0 Å². The first-order valence-electron chi connectivity index (χ1n) is 6.65. The predicted octanol–water partition coefficient (Wildman–Crippen LogP) is 4.09. The van der Waals surface area contributed by atoms with Crippen molar-refractivity contribution in [3.05, 3.63) is 29.8 Å². The van der Waals surface area contributed by atoms with Gasteiger partial charge in [-0.3, -0.25) is 0 Å². The Balaban J connectivity index is 2.24. The average Bonchev–Trinajstić information content (AvgIpc) is 2.34. The molecule has 0 heterocycles. The summed E-state index contributed by atoms with van der Waals surface area (Å²) >= 11 is 0. The van der Waals surface area contributed by atoms with E-state index in [1.807, 2.05) is 24.3 Å². The van der Waals surface area contributed by atoms with Gasteiger partial charge >= 0.3 is 0 Å². The quantitative estimate of drug-likeness (QED) is 0.689. The minimum absolute atomic E-state index is 0.428. The van der Waals surface area contributed by atoms with E-state index in [0.717, 1.165) is 24.3 Å². The lowest BCUT2D eigenvalue weighted by atomic mass is 10.1. The van der Waals surface area contributed by atoms with Crippen molar-refractivity contribution in [2.75, 3.05) is 6.61 Å². The zero-order valence-electron chi connectivity index (χ0n) is 11.0. The molecule has 2 nitrogen and oxygen atoms in total. The molecule has 0 bridgehead atoms. The van der Waals surface area contributed by atoms with E-state index in [4.69, 9.17) is 4.74 Å². The fraction of sp³-hybridized carbons (Fsp3) is 0.600. The molecule has 0 aliphatic heterocycles. The Morgan fingerprint density at radius 2 is 1.94 bits per heavy atom. The van der Waals surface area contributed by atoms with Crippen LogP contribution >= 0.6 is 0 Å². The van der Waals surface area contributed by atoms with Gasteiger partial charge in [-0.25, -0.2) is 0 Å². The van der Waals surface area contributed by atoms with Gasteiger partial charge in [-0.1, -0.05) is 44.7 Å². The van der Waals surface area contributed by atoms with E-state index < -0.39 is 6.10 Å². The van der Waals surface area contributed by atoms with Gasteiger partial charge in [0.05, 0.1) is 12.7 Å². The Morgan fingerprint density at radius 3 is 2.65 bits per heavy atom. The van der Waals surface area contributed by atoms with Crippen LogP contribution in [0.4, 0.5) is 0 Å². The van der Waals surface area contributed by atoms with Crippen LogP contribution in [0.3, 0.4) is 0 Å². The molecule has 0 aliphatic rings. The molecule has 1 atom stereocenters. The third kappa shape index (κ3) is 5.73. The second kappa shape index (κ2) is 8.13. The zero-order valence-corrected chi connectivity index (χ0v) is 11.0. The van der Waals surface area contributed by atoms with Gasteiger partial charge in [0.2, 0.25) is 0 Å². The fourth-order valence-corrected chi connectivity index (χ4v) is 1.76. The van der Waals surface area contributed by atoms with Gasteiger partial charge in [0.1, 0.15) is 5.75 Å². The van der Waals surface area contributed by atoms with Gasteiger partial charge in [-0.15, -0.1) is 0 Å². The van der Waals surface area contributed by atoms with E-state index >= 15 is 0 Å². The standard InChI is InChI=1S/C15H24O2/c1-3-4-5-6-7-11-17-15-10-8-9-14(12-15)13(2)16/h8-10,12-13,16H,3-7,11H2,1-2H3/t13-/m1/s1. The summed E-state index contributed by atoms with van der Waals surface area (Å²) in [7, 11) is 0. The Labute approximate surface area is 105 Å². The van der Waals surface area contributed by atoms with Crippen LogP contribution in [0.1, 0.15) is 57.6 Å². The number of hydrogen-bond acceptors (Lipinski definition) is 2. The van der Waals surface area contributed by atoms with Crippen molar-refractivity contribution in [3.63, 3.8) is 0 Å². The first-order valence-corrected chi connectivity index (χ1v) is 6.65. The van der Waals surface area contributed by atoms with Crippen LogP contribution in [0.15, 0.2) is 24.3 Å². The molecule has 0 saturated carbocycles. The molecule has 0 amide bonds. The van der Waals surface area contributed by atoms with Gasteiger partial charge in [-0.05, 0) is 31.0 Å². The number of aliphatic hydroxyl groups excluding tert-OH is 1.